The molecule has 0 spiro atoms. The molecule has 0 unspecified atom stereocenters. The van der Waals surface area contributed by atoms with Gasteiger partial charge in [-0.3, -0.25) is 9.05 Å². The van der Waals surface area contributed by atoms with Gasteiger partial charge in [0.25, 0.3) is 0 Å². The van der Waals surface area contributed by atoms with Crippen LogP contribution < -0.4 is 0 Å². The van der Waals surface area contributed by atoms with Crippen LogP contribution in [0.2, 0.25) is 0 Å². The summed E-state index contributed by atoms with van der Waals surface area (Å²) in [4.78, 5) is 11.6. The zero-order chi connectivity index (χ0) is 25.5. The maximum Gasteiger partial charge on any atom is 0.332 e. The zero-order valence-corrected chi connectivity index (χ0v) is 21.6. The molecule has 37 heavy (non-hydrogen) atoms. The van der Waals surface area contributed by atoms with Gasteiger partial charge in [-0.25, -0.2) is 0 Å². The Bertz CT molecular complexity index is 1150. The number of ether oxygens (including phenoxy) is 2. The van der Waals surface area contributed by atoms with E-state index >= 15 is 0 Å². The zero-order valence-electron chi connectivity index (χ0n) is 20.7. The van der Waals surface area contributed by atoms with E-state index in [1.165, 1.54) is 0 Å². The maximum atomic E-state index is 11.6. The van der Waals surface area contributed by atoms with E-state index in [1.807, 2.05) is 135 Å². The second-order valence-electron chi connectivity index (χ2n) is 9.83. The van der Waals surface area contributed by atoms with E-state index in [4.69, 9.17) is 18.5 Å². The van der Waals surface area contributed by atoms with E-state index in [-0.39, 0.29) is 0 Å². The largest absolute Gasteiger partial charge is 0.341 e. The summed E-state index contributed by atoms with van der Waals surface area (Å²) in [6.07, 6.45) is -1.35. The van der Waals surface area contributed by atoms with Crippen molar-refractivity contribution in [1.82, 2.24) is 0 Å². The predicted molar refractivity (Wildman–Crippen MR) is 142 cm³/mol. The Morgan fingerprint density at radius 3 is 1.05 bits per heavy atom. The summed E-state index contributed by atoms with van der Waals surface area (Å²) in [7, 11) is -2.40. The fourth-order valence-corrected chi connectivity index (χ4v) is 6.83. The van der Waals surface area contributed by atoms with Gasteiger partial charge in [-0.15, -0.1) is 0 Å². The number of fused-ring (bicyclic) bond motifs is 1. The lowest BCUT2D eigenvalue weighted by Crippen LogP contribution is -2.53. The molecule has 4 aromatic carbocycles. The van der Waals surface area contributed by atoms with Gasteiger partial charge in [0.1, 0.15) is 12.2 Å². The molecule has 0 bridgehead atoms. The molecule has 2 fully saturated rings. The maximum absolute atomic E-state index is 11.6. The molecule has 6 rings (SSSR count). The van der Waals surface area contributed by atoms with Crippen molar-refractivity contribution in [3.63, 3.8) is 0 Å². The molecule has 0 radical (unpaired) electrons. The van der Waals surface area contributed by atoms with Crippen LogP contribution in [0, 0.1) is 0 Å². The van der Waals surface area contributed by atoms with E-state index in [9.17, 15) is 4.89 Å². The number of hydrogen-bond acceptors (Lipinski definition) is 5. The van der Waals surface area contributed by atoms with E-state index < -0.39 is 37.8 Å². The van der Waals surface area contributed by atoms with Gasteiger partial charge in [0.05, 0.1) is 0 Å². The van der Waals surface area contributed by atoms with Crippen molar-refractivity contribution in [2.24, 2.45) is 0 Å². The molecule has 0 aliphatic carbocycles. The molecule has 2 atom stereocenters. The van der Waals surface area contributed by atoms with Gasteiger partial charge in [0, 0.05) is 0 Å². The van der Waals surface area contributed by atoms with E-state index in [0.717, 1.165) is 22.3 Å². The summed E-state index contributed by atoms with van der Waals surface area (Å²) in [6, 6.07) is 39.6. The van der Waals surface area contributed by atoms with Gasteiger partial charge in [-0.1, -0.05) is 121 Å². The van der Waals surface area contributed by atoms with Gasteiger partial charge >= 0.3 is 8.60 Å². The van der Waals surface area contributed by atoms with Gasteiger partial charge in [0.2, 0.25) is 0 Å². The van der Waals surface area contributed by atoms with Crippen LogP contribution in [0.3, 0.4) is 0 Å². The summed E-state index contributed by atoms with van der Waals surface area (Å²) in [5.41, 5.74) is 0.984. The van der Waals surface area contributed by atoms with E-state index in [1.54, 1.807) is 0 Å². The molecular weight excluding hydrogens is 483 g/mol. The molecular formula is C31H29O5P. The summed E-state index contributed by atoms with van der Waals surface area (Å²) in [5, 5.41) is 0. The molecule has 4 aromatic rings. The van der Waals surface area contributed by atoms with Crippen molar-refractivity contribution in [3.05, 3.63) is 144 Å². The summed E-state index contributed by atoms with van der Waals surface area (Å²) < 4.78 is 26.9. The first-order valence-electron chi connectivity index (χ1n) is 12.4. The highest BCUT2D eigenvalue weighted by Crippen LogP contribution is 2.63. The van der Waals surface area contributed by atoms with Crippen molar-refractivity contribution in [3.8, 4) is 0 Å². The standard InChI is InChI=1S/C31H29O5P/c1-29(2)33-27-28(34-29)31(25-19-11-5-12-20-25,26-21-13-6-14-22-26)36-37(32)35-30(27,23-15-7-3-8-16-23)24-17-9-4-10-18-24/h3-22,27-28,32H,1-2H3/t27-,28-/m1/s1. The Morgan fingerprint density at radius 2 is 0.784 bits per heavy atom. The monoisotopic (exact) mass is 512 g/mol. The second-order valence-corrected chi connectivity index (χ2v) is 10.7. The highest BCUT2D eigenvalue weighted by Gasteiger charge is 2.67. The minimum absolute atomic E-state index is 0.674. The molecule has 0 saturated carbocycles. The second kappa shape index (κ2) is 9.45. The van der Waals surface area contributed by atoms with Crippen LogP contribution in [0.1, 0.15) is 36.1 Å². The summed E-state index contributed by atoms with van der Waals surface area (Å²) in [6.45, 7) is 3.82. The first kappa shape index (κ1) is 24.4. The third-order valence-electron chi connectivity index (χ3n) is 7.15. The van der Waals surface area contributed by atoms with Crippen molar-refractivity contribution in [2.75, 3.05) is 0 Å². The Kier molecular flexibility index (Phi) is 6.24. The van der Waals surface area contributed by atoms with Crippen molar-refractivity contribution < 1.29 is 23.4 Å². The Morgan fingerprint density at radius 1 is 0.514 bits per heavy atom. The van der Waals surface area contributed by atoms with Crippen LogP contribution in [0.4, 0.5) is 0 Å². The lowest BCUT2D eigenvalue weighted by Gasteiger charge is -2.41. The molecule has 1 N–H and O–H groups in total. The first-order chi connectivity index (χ1) is 18.0. The van der Waals surface area contributed by atoms with Crippen LogP contribution in [-0.2, 0) is 29.7 Å². The number of rotatable bonds is 4. The van der Waals surface area contributed by atoms with Crippen LogP contribution in [0.25, 0.3) is 0 Å². The van der Waals surface area contributed by atoms with Gasteiger partial charge in [-0.2, -0.15) is 0 Å². The smallest absolute Gasteiger partial charge is 0.332 e. The van der Waals surface area contributed by atoms with Crippen LogP contribution in [-0.4, -0.2) is 22.9 Å². The van der Waals surface area contributed by atoms with Gasteiger partial charge in [-0.05, 0) is 36.1 Å². The molecule has 0 amide bonds. The summed E-state index contributed by atoms with van der Waals surface area (Å²) >= 11 is 0. The Hall–Kier alpha value is -2.89. The van der Waals surface area contributed by atoms with Crippen molar-refractivity contribution >= 4 is 8.60 Å². The highest BCUT2D eigenvalue weighted by atomic mass is 31.2. The Balaban J connectivity index is 1.68. The normalized spacial score (nSPS) is 24.2. The van der Waals surface area contributed by atoms with Crippen LogP contribution in [0.15, 0.2) is 121 Å². The van der Waals surface area contributed by atoms with Crippen molar-refractivity contribution in [1.29, 1.82) is 0 Å². The van der Waals surface area contributed by atoms with E-state index in [2.05, 4.69) is 0 Å². The van der Waals surface area contributed by atoms with E-state index in [0.29, 0.717) is 0 Å². The lowest BCUT2D eigenvalue weighted by atomic mass is 9.72. The first-order valence-corrected chi connectivity index (χ1v) is 13.5. The Labute approximate surface area is 218 Å². The molecule has 2 aliphatic heterocycles. The van der Waals surface area contributed by atoms with Gasteiger partial charge in [0.15, 0.2) is 17.0 Å². The molecule has 2 aliphatic rings. The van der Waals surface area contributed by atoms with Gasteiger partial charge < -0.3 is 14.4 Å². The topological polar surface area (TPSA) is 57.2 Å². The molecule has 0 aromatic heterocycles. The average molecular weight is 513 g/mol. The van der Waals surface area contributed by atoms with Crippen LogP contribution >= 0.6 is 8.60 Å². The lowest BCUT2D eigenvalue weighted by molar-refractivity contribution is -0.175. The summed E-state index contributed by atoms with van der Waals surface area (Å²) in [5.74, 6) is -0.943. The molecule has 6 heteroatoms. The number of benzene rings is 4. The van der Waals surface area contributed by atoms with Crippen molar-refractivity contribution in [2.45, 2.75) is 43.0 Å². The fourth-order valence-electron chi connectivity index (χ4n) is 5.67. The SMILES string of the molecule is CC1(C)O[C@@H]2[C@@H](O1)C(c1ccccc1)(c1ccccc1)OP(O)OC2(c1ccccc1)c1ccccc1. The minimum Gasteiger partial charge on any atom is -0.341 e. The molecule has 188 valence electrons. The average Bonchev–Trinajstić information content (AvgIpc) is 3.23. The number of hydrogen-bond donors (Lipinski definition) is 1. The predicted octanol–water partition coefficient (Wildman–Crippen LogP) is 6.66. The third-order valence-corrected chi connectivity index (χ3v) is 8.04. The highest BCUT2D eigenvalue weighted by molar-refractivity contribution is 7.40. The minimum atomic E-state index is -2.40. The third kappa shape index (κ3) is 4.04. The molecule has 2 saturated heterocycles. The fraction of sp³-hybridized carbons (Fsp3) is 0.226. The quantitative estimate of drug-likeness (QED) is 0.310. The molecule has 2 heterocycles. The molecule has 5 nitrogen and oxygen atoms in total. The van der Waals surface area contributed by atoms with Crippen LogP contribution in [0.5, 0.6) is 0 Å².